The van der Waals surface area contributed by atoms with Gasteiger partial charge in [0.1, 0.15) is 5.70 Å². The lowest BCUT2D eigenvalue weighted by Crippen LogP contribution is -2.27. The summed E-state index contributed by atoms with van der Waals surface area (Å²) in [6, 6.07) is 9.73. The van der Waals surface area contributed by atoms with E-state index in [4.69, 9.17) is 9.47 Å². The van der Waals surface area contributed by atoms with Crippen molar-refractivity contribution < 1.29 is 19.1 Å². The third-order valence-electron chi connectivity index (χ3n) is 3.70. The van der Waals surface area contributed by atoms with E-state index in [9.17, 15) is 9.59 Å². The maximum Gasteiger partial charge on any atom is 0.355 e. The van der Waals surface area contributed by atoms with Crippen molar-refractivity contribution in [2.75, 3.05) is 14.2 Å². The first-order valence-corrected chi connectivity index (χ1v) is 7.45. The molecule has 1 unspecified atom stereocenters. The highest BCUT2D eigenvalue weighted by atomic mass is 16.5. The lowest BCUT2D eigenvalue weighted by atomic mass is 10.0. The van der Waals surface area contributed by atoms with Crippen LogP contribution in [0.3, 0.4) is 0 Å². The number of ether oxygens (including phenoxy) is 2. The number of hydrogen-bond acceptors (Lipinski definition) is 5. The second kappa shape index (κ2) is 7.63. The summed E-state index contributed by atoms with van der Waals surface area (Å²) in [4.78, 5) is 26.2. The lowest BCUT2D eigenvalue weighted by molar-refractivity contribution is -0.140. The molecule has 23 heavy (non-hydrogen) atoms. The molecule has 1 aliphatic rings. The molecule has 0 fully saturated rings. The summed E-state index contributed by atoms with van der Waals surface area (Å²) >= 11 is 0. The fourth-order valence-corrected chi connectivity index (χ4v) is 2.54. The summed E-state index contributed by atoms with van der Waals surface area (Å²) in [6.07, 6.45) is 4.24. The van der Waals surface area contributed by atoms with Crippen LogP contribution in [-0.4, -0.2) is 31.1 Å². The topological polar surface area (TPSA) is 55.8 Å². The van der Waals surface area contributed by atoms with Crippen LogP contribution < -0.4 is 0 Å². The van der Waals surface area contributed by atoms with Crippen LogP contribution in [-0.2, 0) is 25.6 Å². The molecule has 1 aliphatic heterocycles. The molecule has 2 rings (SSSR count). The minimum Gasteiger partial charge on any atom is -0.466 e. The van der Waals surface area contributed by atoms with Crippen molar-refractivity contribution in [3.05, 3.63) is 59.4 Å². The van der Waals surface area contributed by atoms with Gasteiger partial charge in [-0.05, 0) is 17.9 Å². The van der Waals surface area contributed by atoms with Gasteiger partial charge in [0.25, 0.3) is 0 Å². The van der Waals surface area contributed by atoms with Crippen molar-refractivity contribution in [1.29, 1.82) is 0 Å². The van der Waals surface area contributed by atoms with E-state index >= 15 is 0 Å². The number of benzene rings is 1. The molecule has 122 valence electrons. The van der Waals surface area contributed by atoms with E-state index in [2.05, 4.69) is 0 Å². The zero-order valence-corrected chi connectivity index (χ0v) is 13.6. The first-order valence-electron chi connectivity index (χ1n) is 7.45. The van der Waals surface area contributed by atoms with Gasteiger partial charge in [-0.3, -0.25) is 0 Å². The molecule has 1 atom stereocenters. The van der Waals surface area contributed by atoms with Crippen molar-refractivity contribution in [3.63, 3.8) is 0 Å². The van der Waals surface area contributed by atoms with Crippen LogP contribution in [0, 0.1) is 5.92 Å². The standard InChI is InChI=1S/C18H21NO4/c1-13-9-10-19(12-14-7-5-4-6-8-14)16(18(21)23-3)15(11-13)17(20)22-2/h4-10,13H,11-12H2,1-3H3. The Labute approximate surface area is 136 Å². The molecule has 0 amide bonds. The van der Waals surface area contributed by atoms with Gasteiger partial charge in [-0.15, -0.1) is 0 Å². The average Bonchev–Trinajstić information content (AvgIpc) is 2.74. The molecule has 5 nitrogen and oxygen atoms in total. The Morgan fingerprint density at radius 1 is 1.13 bits per heavy atom. The summed E-state index contributed by atoms with van der Waals surface area (Å²) in [6.45, 7) is 2.45. The smallest absolute Gasteiger partial charge is 0.355 e. The Kier molecular flexibility index (Phi) is 5.57. The van der Waals surface area contributed by atoms with Crippen molar-refractivity contribution in [1.82, 2.24) is 4.90 Å². The molecule has 0 aliphatic carbocycles. The van der Waals surface area contributed by atoms with Gasteiger partial charge in [0.15, 0.2) is 0 Å². The van der Waals surface area contributed by atoms with Crippen molar-refractivity contribution in [2.24, 2.45) is 5.92 Å². The molecule has 1 heterocycles. The van der Waals surface area contributed by atoms with E-state index in [1.54, 1.807) is 4.90 Å². The van der Waals surface area contributed by atoms with Gasteiger partial charge in [-0.2, -0.15) is 0 Å². The van der Waals surface area contributed by atoms with Crippen LogP contribution in [0.1, 0.15) is 18.9 Å². The van der Waals surface area contributed by atoms with Gasteiger partial charge in [0.05, 0.1) is 19.8 Å². The van der Waals surface area contributed by atoms with Crippen LogP contribution >= 0.6 is 0 Å². The lowest BCUT2D eigenvalue weighted by Gasteiger charge is -2.23. The minimum absolute atomic E-state index is 0.115. The fraction of sp³-hybridized carbons (Fsp3) is 0.333. The zero-order chi connectivity index (χ0) is 16.8. The number of hydrogen-bond donors (Lipinski definition) is 0. The Morgan fingerprint density at radius 3 is 2.39 bits per heavy atom. The predicted octanol–water partition coefficient (Wildman–Crippen LogP) is 2.64. The number of carbonyl (C=O) groups is 2. The summed E-state index contributed by atoms with van der Waals surface area (Å²) in [5.41, 5.74) is 1.61. The maximum absolute atomic E-state index is 12.3. The number of nitrogens with zero attached hydrogens (tertiary/aromatic N) is 1. The largest absolute Gasteiger partial charge is 0.466 e. The van der Waals surface area contributed by atoms with Crippen molar-refractivity contribution in [3.8, 4) is 0 Å². The average molecular weight is 315 g/mol. The third-order valence-corrected chi connectivity index (χ3v) is 3.70. The zero-order valence-electron chi connectivity index (χ0n) is 13.6. The van der Waals surface area contributed by atoms with Crippen molar-refractivity contribution >= 4 is 11.9 Å². The van der Waals surface area contributed by atoms with E-state index in [0.29, 0.717) is 18.5 Å². The highest BCUT2D eigenvalue weighted by Gasteiger charge is 2.29. The molecule has 5 heteroatoms. The van der Waals surface area contributed by atoms with E-state index in [-0.39, 0.29) is 11.6 Å². The fourth-order valence-electron chi connectivity index (χ4n) is 2.54. The van der Waals surface area contributed by atoms with Gasteiger partial charge in [-0.1, -0.05) is 43.3 Å². The maximum atomic E-state index is 12.3. The highest BCUT2D eigenvalue weighted by molar-refractivity contribution is 6.00. The summed E-state index contributed by atoms with van der Waals surface area (Å²) in [5.74, 6) is -0.927. The summed E-state index contributed by atoms with van der Waals surface area (Å²) in [7, 11) is 2.62. The number of allylic oxidation sites excluding steroid dienone is 1. The SMILES string of the molecule is COC(=O)C1=C(C(=O)OC)N(Cc2ccccc2)C=CC(C)C1. The molecule has 1 aromatic carbocycles. The Hall–Kier alpha value is -2.56. The predicted molar refractivity (Wildman–Crippen MR) is 86.0 cm³/mol. The Bertz CT molecular complexity index is 634. The van der Waals surface area contributed by atoms with Gasteiger partial charge < -0.3 is 14.4 Å². The quantitative estimate of drug-likeness (QED) is 0.800. The molecular formula is C18H21NO4. The second-order valence-corrected chi connectivity index (χ2v) is 5.45. The molecule has 0 radical (unpaired) electrons. The number of rotatable bonds is 4. The van der Waals surface area contributed by atoms with E-state index in [1.165, 1.54) is 14.2 Å². The van der Waals surface area contributed by atoms with Crippen LogP contribution in [0.5, 0.6) is 0 Å². The highest BCUT2D eigenvalue weighted by Crippen LogP contribution is 2.27. The van der Waals surface area contributed by atoms with Crippen molar-refractivity contribution in [2.45, 2.75) is 19.9 Å². The number of methoxy groups -OCH3 is 2. The molecule has 1 aromatic rings. The molecule has 0 aromatic heterocycles. The number of carbonyl (C=O) groups excluding carboxylic acids is 2. The second-order valence-electron chi connectivity index (χ2n) is 5.45. The van der Waals surface area contributed by atoms with Gasteiger partial charge in [-0.25, -0.2) is 9.59 Å². The molecule has 0 saturated heterocycles. The monoisotopic (exact) mass is 315 g/mol. The van der Waals surface area contributed by atoms with Gasteiger partial charge >= 0.3 is 11.9 Å². The van der Waals surface area contributed by atoms with Crippen LogP contribution in [0.25, 0.3) is 0 Å². The van der Waals surface area contributed by atoms with Gasteiger partial charge in [0, 0.05) is 12.7 Å². The Morgan fingerprint density at radius 2 is 1.78 bits per heavy atom. The first-order chi connectivity index (χ1) is 11.1. The van der Waals surface area contributed by atoms with Crippen LogP contribution in [0.15, 0.2) is 53.9 Å². The van der Waals surface area contributed by atoms with Crippen LogP contribution in [0.2, 0.25) is 0 Å². The minimum atomic E-state index is -0.542. The van der Waals surface area contributed by atoms with E-state index in [1.807, 2.05) is 49.5 Å². The molecule has 0 N–H and O–H groups in total. The summed E-state index contributed by atoms with van der Waals surface area (Å²) < 4.78 is 9.75. The third kappa shape index (κ3) is 4.00. The molecule has 0 spiro atoms. The van der Waals surface area contributed by atoms with E-state index < -0.39 is 11.9 Å². The normalized spacial score (nSPS) is 17.7. The van der Waals surface area contributed by atoms with Crippen LogP contribution in [0.4, 0.5) is 0 Å². The number of esters is 2. The van der Waals surface area contributed by atoms with E-state index in [0.717, 1.165) is 5.56 Å². The molecule has 0 bridgehead atoms. The molecular weight excluding hydrogens is 294 g/mol. The van der Waals surface area contributed by atoms with Gasteiger partial charge in [0.2, 0.25) is 0 Å². The Balaban J connectivity index is 2.48. The summed E-state index contributed by atoms with van der Waals surface area (Å²) in [5, 5.41) is 0. The first kappa shape index (κ1) is 16.8. The molecule has 0 saturated carbocycles.